The van der Waals surface area contributed by atoms with Gasteiger partial charge < -0.3 is 5.32 Å². The monoisotopic (exact) mass is 369 g/mol. The van der Waals surface area contributed by atoms with Gasteiger partial charge in [0.25, 0.3) is 0 Å². The van der Waals surface area contributed by atoms with Gasteiger partial charge in [-0.2, -0.15) is 0 Å². The molecule has 0 spiro atoms. The average Bonchev–Trinajstić information content (AvgIpc) is 2.60. The summed E-state index contributed by atoms with van der Waals surface area (Å²) < 4.78 is 13.2. The first-order valence-electron chi connectivity index (χ1n) is 8.39. The fourth-order valence-corrected chi connectivity index (χ4v) is 3.43. The fourth-order valence-electron chi connectivity index (χ4n) is 2.60. The summed E-state index contributed by atoms with van der Waals surface area (Å²) in [5, 5.41) is 4.54. The molecule has 0 aliphatic heterocycles. The highest BCUT2D eigenvalue weighted by Crippen LogP contribution is 2.30. The van der Waals surface area contributed by atoms with Crippen LogP contribution in [0.5, 0.6) is 0 Å². The maximum Gasteiger partial charge on any atom is 0.230 e. The molecule has 0 saturated heterocycles. The topological polar surface area (TPSA) is 54.9 Å². The molecule has 6 heteroatoms. The third-order valence-corrected chi connectivity index (χ3v) is 4.78. The number of halogens is 1. The van der Waals surface area contributed by atoms with Crippen LogP contribution in [0.25, 0.3) is 22.3 Å². The maximum atomic E-state index is 13.2. The molecule has 0 unspecified atom stereocenters. The molecule has 0 saturated carbocycles. The lowest BCUT2D eigenvalue weighted by molar-refractivity contribution is -0.119. The number of para-hydroxylation sites is 1. The van der Waals surface area contributed by atoms with Gasteiger partial charge >= 0.3 is 0 Å². The van der Waals surface area contributed by atoms with Gasteiger partial charge in [0, 0.05) is 17.0 Å². The third kappa shape index (κ3) is 4.19. The highest BCUT2D eigenvalue weighted by atomic mass is 32.2. The number of aromatic nitrogens is 2. The number of nitrogens with one attached hydrogen (secondary N) is 1. The Balaban J connectivity index is 2.01. The standard InChI is InChI=1S/C20H20FN3OS/c1-12(2)22-17(25)11-26-20-16-6-4-5-13(3)18(16)23-19(24-20)14-7-9-15(21)10-8-14/h4-10,12H,11H2,1-3H3,(H,22,25). The van der Waals surface area contributed by atoms with Gasteiger partial charge in [0.15, 0.2) is 5.82 Å². The van der Waals surface area contributed by atoms with Gasteiger partial charge in [0.05, 0.1) is 11.3 Å². The van der Waals surface area contributed by atoms with E-state index in [9.17, 15) is 9.18 Å². The maximum absolute atomic E-state index is 13.2. The summed E-state index contributed by atoms with van der Waals surface area (Å²) >= 11 is 1.38. The molecule has 0 aliphatic rings. The number of amides is 1. The quantitative estimate of drug-likeness (QED) is 0.536. The molecule has 1 aromatic heterocycles. The lowest BCUT2D eigenvalue weighted by Crippen LogP contribution is -2.31. The highest BCUT2D eigenvalue weighted by Gasteiger charge is 2.13. The van der Waals surface area contributed by atoms with E-state index in [1.165, 1.54) is 23.9 Å². The predicted octanol–water partition coefficient (Wildman–Crippen LogP) is 4.36. The Labute approximate surface area is 156 Å². The van der Waals surface area contributed by atoms with Crippen molar-refractivity contribution in [1.82, 2.24) is 15.3 Å². The number of nitrogens with zero attached hydrogens (tertiary/aromatic N) is 2. The minimum absolute atomic E-state index is 0.0345. The minimum Gasteiger partial charge on any atom is -0.353 e. The Morgan fingerprint density at radius 1 is 1.15 bits per heavy atom. The molecular weight excluding hydrogens is 349 g/mol. The normalized spacial score (nSPS) is 11.1. The first kappa shape index (κ1) is 18.3. The van der Waals surface area contributed by atoms with Gasteiger partial charge in [-0.25, -0.2) is 14.4 Å². The summed E-state index contributed by atoms with van der Waals surface area (Å²) in [5.74, 6) is 0.471. The number of hydrogen-bond acceptors (Lipinski definition) is 4. The summed E-state index contributed by atoms with van der Waals surface area (Å²) in [5.41, 5.74) is 2.61. The number of aryl methyl sites for hydroxylation is 1. The zero-order chi connectivity index (χ0) is 18.7. The molecule has 0 aliphatic carbocycles. The van der Waals surface area contributed by atoms with Gasteiger partial charge in [-0.1, -0.05) is 30.0 Å². The summed E-state index contributed by atoms with van der Waals surface area (Å²) in [6, 6.07) is 12.1. The van der Waals surface area contributed by atoms with Crippen molar-refractivity contribution in [2.24, 2.45) is 0 Å². The summed E-state index contributed by atoms with van der Waals surface area (Å²) in [7, 11) is 0. The summed E-state index contributed by atoms with van der Waals surface area (Å²) in [6.45, 7) is 5.85. The first-order chi connectivity index (χ1) is 12.4. The number of carbonyl (C=O) groups excluding carboxylic acids is 1. The molecule has 0 radical (unpaired) electrons. The van der Waals surface area contributed by atoms with E-state index in [0.717, 1.165) is 27.1 Å². The summed E-state index contributed by atoms with van der Waals surface area (Å²) in [6.07, 6.45) is 0. The summed E-state index contributed by atoms with van der Waals surface area (Å²) in [4.78, 5) is 21.3. The fraction of sp³-hybridized carbons (Fsp3) is 0.250. The van der Waals surface area contributed by atoms with Crippen molar-refractivity contribution in [2.45, 2.75) is 31.8 Å². The smallest absolute Gasteiger partial charge is 0.230 e. The Morgan fingerprint density at radius 2 is 1.88 bits per heavy atom. The zero-order valence-electron chi connectivity index (χ0n) is 14.9. The van der Waals surface area contributed by atoms with Crippen LogP contribution in [-0.2, 0) is 4.79 Å². The van der Waals surface area contributed by atoms with E-state index in [1.807, 2.05) is 39.0 Å². The zero-order valence-corrected chi connectivity index (χ0v) is 15.7. The van der Waals surface area contributed by atoms with E-state index in [2.05, 4.69) is 15.3 Å². The lowest BCUT2D eigenvalue weighted by atomic mass is 10.1. The molecule has 3 aromatic rings. The second-order valence-electron chi connectivity index (χ2n) is 6.34. The van der Waals surface area contributed by atoms with Crippen molar-refractivity contribution >= 4 is 28.6 Å². The van der Waals surface area contributed by atoms with Crippen LogP contribution in [0.15, 0.2) is 47.5 Å². The van der Waals surface area contributed by atoms with E-state index in [0.29, 0.717) is 5.82 Å². The molecule has 4 nitrogen and oxygen atoms in total. The first-order valence-corrected chi connectivity index (χ1v) is 9.38. The van der Waals surface area contributed by atoms with Crippen molar-refractivity contribution in [3.8, 4) is 11.4 Å². The Kier molecular flexibility index (Phi) is 5.52. The highest BCUT2D eigenvalue weighted by molar-refractivity contribution is 8.00. The van der Waals surface area contributed by atoms with Crippen LogP contribution in [0.3, 0.4) is 0 Å². The van der Waals surface area contributed by atoms with Crippen LogP contribution in [-0.4, -0.2) is 27.7 Å². The second kappa shape index (κ2) is 7.83. The molecule has 26 heavy (non-hydrogen) atoms. The van der Waals surface area contributed by atoms with Gasteiger partial charge in [0.2, 0.25) is 5.91 Å². The Bertz CT molecular complexity index is 942. The second-order valence-corrected chi connectivity index (χ2v) is 7.31. The van der Waals surface area contributed by atoms with E-state index in [-0.39, 0.29) is 23.5 Å². The van der Waals surface area contributed by atoms with Crippen molar-refractivity contribution in [3.05, 3.63) is 53.8 Å². The molecule has 1 N–H and O–H groups in total. The number of hydrogen-bond donors (Lipinski definition) is 1. The number of rotatable bonds is 5. The molecule has 1 amide bonds. The Morgan fingerprint density at radius 3 is 2.58 bits per heavy atom. The van der Waals surface area contributed by atoms with E-state index < -0.39 is 0 Å². The molecule has 0 bridgehead atoms. The number of benzene rings is 2. The number of thioether (sulfide) groups is 1. The molecule has 0 fully saturated rings. The van der Waals surface area contributed by atoms with Crippen LogP contribution in [0.4, 0.5) is 4.39 Å². The molecule has 2 aromatic carbocycles. The van der Waals surface area contributed by atoms with Crippen LogP contribution >= 0.6 is 11.8 Å². The average molecular weight is 369 g/mol. The third-order valence-electron chi connectivity index (χ3n) is 3.79. The van der Waals surface area contributed by atoms with Crippen molar-refractivity contribution in [1.29, 1.82) is 0 Å². The number of fused-ring (bicyclic) bond motifs is 1. The molecule has 134 valence electrons. The predicted molar refractivity (Wildman–Crippen MR) is 104 cm³/mol. The van der Waals surface area contributed by atoms with Crippen molar-refractivity contribution in [3.63, 3.8) is 0 Å². The van der Waals surface area contributed by atoms with Crippen LogP contribution in [0.1, 0.15) is 19.4 Å². The van der Waals surface area contributed by atoms with Gasteiger partial charge in [-0.15, -0.1) is 0 Å². The van der Waals surface area contributed by atoms with Crippen LogP contribution < -0.4 is 5.32 Å². The SMILES string of the molecule is Cc1cccc2c(SCC(=O)NC(C)C)nc(-c3ccc(F)cc3)nc12. The Hall–Kier alpha value is -2.47. The molecule has 1 heterocycles. The van der Waals surface area contributed by atoms with E-state index in [1.54, 1.807) is 12.1 Å². The molecular formula is C20H20FN3OS. The van der Waals surface area contributed by atoms with Crippen LogP contribution in [0, 0.1) is 12.7 Å². The lowest BCUT2D eigenvalue weighted by Gasteiger charge is -2.11. The molecule has 0 atom stereocenters. The number of carbonyl (C=O) groups is 1. The van der Waals surface area contributed by atoms with Crippen LogP contribution in [0.2, 0.25) is 0 Å². The minimum atomic E-state index is -0.300. The van der Waals surface area contributed by atoms with Crippen molar-refractivity contribution < 1.29 is 9.18 Å². The van der Waals surface area contributed by atoms with Crippen molar-refractivity contribution in [2.75, 3.05) is 5.75 Å². The van der Waals surface area contributed by atoms with Gasteiger partial charge in [0.1, 0.15) is 10.8 Å². The molecule has 3 rings (SSSR count). The largest absolute Gasteiger partial charge is 0.353 e. The van der Waals surface area contributed by atoms with E-state index in [4.69, 9.17) is 0 Å². The van der Waals surface area contributed by atoms with Gasteiger partial charge in [-0.05, 0) is 50.6 Å². The van der Waals surface area contributed by atoms with E-state index >= 15 is 0 Å². The van der Waals surface area contributed by atoms with Gasteiger partial charge in [-0.3, -0.25) is 4.79 Å².